The molecule has 0 heterocycles. The zero-order valence-corrected chi connectivity index (χ0v) is 24.7. The van der Waals surface area contributed by atoms with Crippen LogP contribution in [0.5, 0.6) is 0 Å². The highest BCUT2D eigenvalue weighted by Gasteiger charge is 2.34. The van der Waals surface area contributed by atoms with E-state index in [1.165, 1.54) is 41.3 Å². The monoisotopic (exact) mass is 587 g/mol. The minimum Gasteiger partial charge on any atom is -0.354 e. The molecule has 3 rings (SSSR count). The largest absolute Gasteiger partial charge is 0.354 e. The van der Waals surface area contributed by atoms with Gasteiger partial charge in [0.05, 0.1) is 10.6 Å². The number of nitrogens with zero attached hydrogens (tertiary/aromatic N) is 2. The summed E-state index contributed by atoms with van der Waals surface area (Å²) >= 11 is 6.36. The van der Waals surface area contributed by atoms with Crippen molar-refractivity contribution in [3.8, 4) is 0 Å². The number of anilines is 1. The van der Waals surface area contributed by atoms with Gasteiger partial charge in [-0.05, 0) is 74.2 Å². The Hall–Kier alpha value is -3.43. The SMILES string of the molecule is CCCNC(=O)[C@H](CC)N(Cc1ccc(F)cc1)C(=O)CN(c1cccc(Cl)c1C)S(=O)(=O)c1ccc(C)cc1. The molecule has 1 N–H and O–H groups in total. The number of hydrogen-bond acceptors (Lipinski definition) is 4. The second-order valence-electron chi connectivity index (χ2n) is 9.57. The second kappa shape index (κ2) is 13.8. The number of rotatable bonds is 12. The molecule has 1 atom stereocenters. The smallest absolute Gasteiger partial charge is 0.264 e. The van der Waals surface area contributed by atoms with E-state index in [1.54, 1.807) is 44.2 Å². The Morgan fingerprint density at radius 2 is 1.62 bits per heavy atom. The van der Waals surface area contributed by atoms with Crippen molar-refractivity contribution in [1.82, 2.24) is 10.2 Å². The van der Waals surface area contributed by atoms with E-state index in [4.69, 9.17) is 11.6 Å². The van der Waals surface area contributed by atoms with E-state index < -0.39 is 34.3 Å². The van der Waals surface area contributed by atoms with Crippen LogP contribution in [-0.2, 0) is 26.2 Å². The molecule has 0 bridgehead atoms. The van der Waals surface area contributed by atoms with Gasteiger partial charge < -0.3 is 10.2 Å². The number of nitrogens with one attached hydrogen (secondary N) is 1. The molecule has 0 spiro atoms. The predicted molar refractivity (Wildman–Crippen MR) is 156 cm³/mol. The minimum absolute atomic E-state index is 0.00981. The molecule has 0 aliphatic carbocycles. The number of aryl methyl sites for hydroxylation is 1. The third-order valence-corrected chi connectivity index (χ3v) is 8.78. The number of amides is 2. The molecule has 0 fully saturated rings. The van der Waals surface area contributed by atoms with Crippen LogP contribution in [0.1, 0.15) is 43.4 Å². The molecule has 3 aromatic rings. The van der Waals surface area contributed by atoms with Crippen molar-refractivity contribution in [2.24, 2.45) is 0 Å². The molecular weight excluding hydrogens is 553 g/mol. The lowest BCUT2D eigenvalue weighted by Crippen LogP contribution is -2.52. The first-order valence-electron chi connectivity index (χ1n) is 13.2. The molecule has 0 radical (unpaired) electrons. The van der Waals surface area contributed by atoms with Crippen molar-refractivity contribution >= 4 is 39.1 Å². The third-order valence-electron chi connectivity index (χ3n) is 6.60. The minimum atomic E-state index is -4.21. The van der Waals surface area contributed by atoms with E-state index in [0.717, 1.165) is 9.87 Å². The molecule has 0 aromatic heterocycles. The average Bonchev–Trinajstić information content (AvgIpc) is 2.93. The number of sulfonamides is 1. The zero-order chi connectivity index (χ0) is 29.4. The number of carbonyl (C=O) groups is 2. The van der Waals surface area contributed by atoms with Crippen LogP contribution in [0.2, 0.25) is 5.02 Å². The summed E-state index contributed by atoms with van der Waals surface area (Å²) in [7, 11) is -4.21. The molecule has 0 aliphatic rings. The Morgan fingerprint density at radius 3 is 2.23 bits per heavy atom. The van der Waals surface area contributed by atoms with Gasteiger partial charge in [0.15, 0.2) is 0 Å². The van der Waals surface area contributed by atoms with E-state index in [2.05, 4.69) is 5.32 Å². The van der Waals surface area contributed by atoms with E-state index in [1.807, 2.05) is 13.8 Å². The predicted octanol–water partition coefficient (Wildman–Crippen LogP) is 5.62. The Morgan fingerprint density at radius 1 is 0.975 bits per heavy atom. The summed E-state index contributed by atoms with van der Waals surface area (Å²) in [6.45, 7) is 7.08. The molecule has 10 heteroatoms. The number of hydrogen-bond donors (Lipinski definition) is 1. The quantitative estimate of drug-likeness (QED) is 0.298. The molecule has 0 aliphatic heterocycles. The molecule has 0 unspecified atom stereocenters. The summed E-state index contributed by atoms with van der Waals surface area (Å²) in [6, 6.07) is 16.0. The van der Waals surface area contributed by atoms with Gasteiger partial charge in [0.25, 0.3) is 10.0 Å². The van der Waals surface area contributed by atoms with Crippen LogP contribution in [0.15, 0.2) is 71.6 Å². The van der Waals surface area contributed by atoms with Crippen molar-refractivity contribution < 1.29 is 22.4 Å². The average molecular weight is 588 g/mol. The van der Waals surface area contributed by atoms with Gasteiger partial charge in [0.1, 0.15) is 18.4 Å². The second-order valence-corrected chi connectivity index (χ2v) is 11.8. The van der Waals surface area contributed by atoms with Crippen LogP contribution >= 0.6 is 11.6 Å². The Bertz CT molecular complexity index is 1430. The Balaban J connectivity index is 2.09. The van der Waals surface area contributed by atoms with Gasteiger partial charge in [-0.1, -0.05) is 61.3 Å². The van der Waals surface area contributed by atoms with Gasteiger partial charge in [0.2, 0.25) is 11.8 Å². The fraction of sp³-hybridized carbons (Fsp3) is 0.333. The summed E-state index contributed by atoms with van der Waals surface area (Å²) in [6.07, 6.45) is 1.01. The topological polar surface area (TPSA) is 86.8 Å². The highest BCUT2D eigenvalue weighted by molar-refractivity contribution is 7.92. The Kier molecular flexibility index (Phi) is 10.7. The van der Waals surface area contributed by atoms with Crippen molar-refractivity contribution in [1.29, 1.82) is 0 Å². The number of halogens is 2. The van der Waals surface area contributed by atoms with Crippen LogP contribution in [0.3, 0.4) is 0 Å². The van der Waals surface area contributed by atoms with Gasteiger partial charge in [-0.25, -0.2) is 12.8 Å². The van der Waals surface area contributed by atoms with E-state index in [0.29, 0.717) is 35.5 Å². The van der Waals surface area contributed by atoms with E-state index in [-0.39, 0.29) is 23.0 Å². The van der Waals surface area contributed by atoms with Crippen LogP contribution < -0.4 is 9.62 Å². The maximum Gasteiger partial charge on any atom is 0.264 e. The van der Waals surface area contributed by atoms with Gasteiger partial charge in [0, 0.05) is 18.1 Å². The number of carbonyl (C=O) groups excluding carboxylic acids is 2. The molecule has 2 amide bonds. The van der Waals surface area contributed by atoms with Crippen LogP contribution in [0.25, 0.3) is 0 Å². The summed E-state index contributed by atoms with van der Waals surface area (Å²) < 4.78 is 42.6. The fourth-order valence-electron chi connectivity index (χ4n) is 4.29. The molecular formula is C30H35ClFN3O4S. The first-order chi connectivity index (χ1) is 19.0. The highest BCUT2D eigenvalue weighted by Crippen LogP contribution is 2.31. The molecule has 214 valence electrons. The Labute approximate surface area is 241 Å². The van der Waals surface area contributed by atoms with Crippen molar-refractivity contribution in [2.75, 3.05) is 17.4 Å². The summed E-state index contributed by atoms with van der Waals surface area (Å²) in [5.41, 5.74) is 2.23. The van der Waals surface area contributed by atoms with E-state index in [9.17, 15) is 22.4 Å². The van der Waals surface area contributed by atoms with Crippen molar-refractivity contribution in [3.63, 3.8) is 0 Å². The molecule has 40 heavy (non-hydrogen) atoms. The number of benzene rings is 3. The first kappa shape index (κ1) is 31.1. The van der Waals surface area contributed by atoms with Gasteiger partial charge in [-0.2, -0.15) is 0 Å². The van der Waals surface area contributed by atoms with Crippen LogP contribution in [0.4, 0.5) is 10.1 Å². The molecule has 0 saturated heterocycles. The molecule has 7 nitrogen and oxygen atoms in total. The van der Waals surface area contributed by atoms with Crippen LogP contribution in [0, 0.1) is 19.7 Å². The van der Waals surface area contributed by atoms with Crippen molar-refractivity contribution in [3.05, 3.63) is 94.3 Å². The normalized spacial score (nSPS) is 12.1. The summed E-state index contributed by atoms with van der Waals surface area (Å²) in [5, 5.41) is 3.18. The maximum atomic E-state index is 14.0. The molecule has 0 saturated carbocycles. The standard InChI is InChI=1S/C30H35ClFN3O4S/c1-5-18-33-30(37)27(6-2)34(19-23-12-14-24(32)15-13-23)29(36)20-35(28-9-7-8-26(31)22(28)4)40(38,39)25-16-10-21(3)11-17-25/h7-17,27H,5-6,18-20H2,1-4H3,(H,33,37)/t27-/m0/s1. The lowest BCUT2D eigenvalue weighted by Gasteiger charge is -2.33. The summed E-state index contributed by atoms with van der Waals surface area (Å²) in [4.78, 5) is 28.5. The third kappa shape index (κ3) is 7.40. The van der Waals surface area contributed by atoms with Gasteiger partial charge in [-0.15, -0.1) is 0 Å². The fourth-order valence-corrected chi connectivity index (χ4v) is 5.93. The van der Waals surface area contributed by atoms with Crippen LogP contribution in [-0.4, -0.2) is 44.3 Å². The zero-order valence-electron chi connectivity index (χ0n) is 23.2. The van der Waals surface area contributed by atoms with Gasteiger partial charge in [-0.3, -0.25) is 13.9 Å². The van der Waals surface area contributed by atoms with Crippen molar-refractivity contribution in [2.45, 2.75) is 58.0 Å². The highest BCUT2D eigenvalue weighted by atomic mass is 35.5. The lowest BCUT2D eigenvalue weighted by atomic mass is 10.1. The van der Waals surface area contributed by atoms with E-state index >= 15 is 0 Å². The van der Waals surface area contributed by atoms with Gasteiger partial charge >= 0.3 is 0 Å². The summed E-state index contributed by atoms with van der Waals surface area (Å²) in [5.74, 6) is -1.36. The maximum absolute atomic E-state index is 14.0. The first-order valence-corrected chi connectivity index (χ1v) is 15.0. The lowest BCUT2D eigenvalue weighted by molar-refractivity contribution is -0.140. The molecule has 3 aromatic carbocycles.